The zero-order chi connectivity index (χ0) is 13.2. The van der Waals surface area contributed by atoms with Crippen molar-refractivity contribution in [2.24, 2.45) is 0 Å². The quantitative estimate of drug-likeness (QED) is 0.678. The average molecular weight is 249 g/mol. The van der Waals surface area contributed by atoms with E-state index >= 15 is 0 Å². The number of fused-ring (bicyclic) bond motifs is 1. The molecule has 2 aromatic carbocycles. The average Bonchev–Trinajstić information content (AvgIpc) is 2.47. The van der Waals surface area contributed by atoms with Gasteiger partial charge in [-0.3, -0.25) is 4.98 Å². The molecule has 0 spiro atoms. The van der Waals surface area contributed by atoms with Gasteiger partial charge in [-0.2, -0.15) is 0 Å². The molecule has 0 aliphatic rings. The summed E-state index contributed by atoms with van der Waals surface area (Å²) in [7, 11) is -1.47. The van der Waals surface area contributed by atoms with E-state index in [0.717, 1.165) is 22.0 Å². The third-order valence-electron chi connectivity index (χ3n) is 3.18. The molecule has 2 N–H and O–H groups in total. The largest absolute Gasteiger partial charge is 0.489 e. The van der Waals surface area contributed by atoms with Gasteiger partial charge >= 0.3 is 7.12 Å². The highest BCUT2D eigenvalue weighted by molar-refractivity contribution is 6.62. The van der Waals surface area contributed by atoms with Crippen LogP contribution in [-0.2, 0) is 0 Å². The monoisotopic (exact) mass is 249 g/mol. The molecule has 0 amide bonds. The molecule has 3 aromatic rings. The van der Waals surface area contributed by atoms with Crippen molar-refractivity contribution in [2.45, 2.75) is 0 Å². The second-order valence-electron chi connectivity index (χ2n) is 4.34. The van der Waals surface area contributed by atoms with Gasteiger partial charge in [0.25, 0.3) is 0 Å². The molecule has 0 radical (unpaired) electrons. The van der Waals surface area contributed by atoms with Crippen molar-refractivity contribution in [3.8, 4) is 11.3 Å². The summed E-state index contributed by atoms with van der Waals surface area (Å²) in [5, 5.41) is 20.6. The number of hydrogen-bond acceptors (Lipinski definition) is 3. The van der Waals surface area contributed by atoms with Crippen molar-refractivity contribution in [2.75, 3.05) is 0 Å². The van der Waals surface area contributed by atoms with Crippen LogP contribution in [0.2, 0.25) is 0 Å². The Balaban J connectivity index is 2.31. The number of nitrogens with zero attached hydrogens (tertiary/aromatic N) is 1. The van der Waals surface area contributed by atoms with Gasteiger partial charge in [-0.05, 0) is 28.4 Å². The third kappa shape index (κ3) is 2.12. The van der Waals surface area contributed by atoms with E-state index in [1.54, 1.807) is 12.3 Å². The van der Waals surface area contributed by atoms with Crippen molar-refractivity contribution < 1.29 is 10.0 Å². The van der Waals surface area contributed by atoms with Crippen molar-refractivity contribution in [1.82, 2.24) is 4.98 Å². The summed E-state index contributed by atoms with van der Waals surface area (Å²) in [6, 6.07) is 17.0. The summed E-state index contributed by atoms with van der Waals surface area (Å²) in [5.74, 6) is 0. The standard InChI is InChI=1S/C15H12BNO2/c18-16(19)14-9-8-13(15-7-3-4-10-17-15)11-5-1-2-6-12(11)14/h1-10,18-19H. The lowest BCUT2D eigenvalue weighted by molar-refractivity contribution is 0.426. The molecule has 0 atom stereocenters. The van der Waals surface area contributed by atoms with Crippen LogP contribution in [0.5, 0.6) is 0 Å². The highest BCUT2D eigenvalue weighted by Crippen LogP contribution is 2.25. The highest BCUT2D eigenvalue weighted by atomic mass is 16.4. The summed E-state index contributed by atoms with van der Waals surface area (Å²) in [5.41, 5.74) is 2.37. The van der Waals surface area contributed by atoms with E-state index < -0.39 is 7.12 Å². The van der Waals surface area contributed by atoms with E-state index in [1.807, 2.05) is 48.5 Å². The van der Waals surface area contributed by atoms with Gasteiger partial charge in [0, 0.05) is 11.8 Å². The Hall–Kier alpha value is -2.17. The van der Waals surface area contributed by atoms with Crippen LogP contribution in [0.3, 0.4) is 0 Å². The Morgan fingerprint density at radius 3 is 2.21 bits per heavy atom. The van der Waals surface area contributed by atoms with Gasteiger partial charge in [-0.25, -0.2) is 0 Å². The van der Waals surface area contributed by atoms with Crippen LogP contribution in [-0.4, -0.2) is 22.2 Å². The van der Waals surface area contributed by atoms with Crippen molar-refractivity contribution >= 4 is 23.4 Å². The van der Waals surface area contributed by atoms with Crippen molar-refractivity contribution in [3.63, 3.8) is 0 Å². The van der Waals surface area contributed by atoms with E-state index in [2.05, 4.69) is 4.98 Å². The Labute approximate surface area is 111 Å². The molecule has 0 aliphatic heterocycles. The molecule has 4 heteroatoms. The molecular weight excluding hydrogens is 237 g/mol. The maximum atomic E-state index is 9.42. The molecule has 3 rings (SSSR count). The number of pyridine rings is 1. The fraction of sp³-hybridized carbons (Fsp3) is 0. The van der Waals surface area contributed by atoms with Gasteiger partial charge in [0.15, 0.2) is 0 Å². The molecule has 1 aromatic heterocycles. The zero-order valence-electron chi connectivity index (χ0n) is 10.2. The second kappa shape index (κ2) is 4.84. The van der Waals surface area contributed by atoms with Gasteiger partial charge in [0.2, 0.25) is 0 Å². The van der Waals surface area contributed by atoms with Crippen molar-refractivity contribution in [1.29, 1.82) is 0 Å². The van der Waals surface area contributed by atoms with Gasteiger partial charge < -0.3 is 10.0 Å². The topological polar surface area (TPSA) is 53.4 Å². The second-order valence-corrected chi connectivity index (χ2v) is 4.34. The molecule has 92 valence electrons. The first-order chi connectivity index (χ1) is 9.27. The third-order valence-corrected chi connectivity index (χ3v) is 3.18. The van der Waals surface area contributed by atoms with Gasteiger partial charge in [0.1, 0.15) is 0 Å². The van der Waals surface area contributed by atoms with E-state index in [9.17, 15) is 10.0 Å². The molecule has 0 aliphatic carbocycles. The fourth-order valence-corrected chi connectivity index (χ4v) is 2.29. The highest BCUT2D eigenvalue weighted by Gasteiger charge is 2.16. The zero-order valence-corrected chi connectivity index (χ0v) is 10.2. The van der Waals surface area contributed by atoms with Gasteiger partial charge in [-0.1, -0.05) is 42.5 Å². The number of benzene rings is 2. The number of rotatable bonds is 2. The summed E-state index contributed by atoms with van der Waals surface area (Å²) in [6.07, 6.45) is 1.75. The Morgan fingerprint density at radius 2 is 1.53 bits per heavy atom. The van der Waals surface area contributed by atoms with Crippen molar-refractivity contribution in [3.05, 3.63) is 60.8 Å². The summed E-state index contributed by atoms with van der Waals surface area (Å²) in [4.78, 5) is 4.35. The number of hydrogen-bond donors (Lipinski definition) is 2. The Bertz CT molecular complexity index is 714. The molecular formula is C15H12BNO2. The van der Waals surface area contributed by atoms with Crippen LogP contribution in [0.4, 0.5) is 0 Å². The first-order valence-electron chi connectivity index (χ1n) is 6.06. The van der Waals surface area contributed by atoms with E-state index in [1.165, 1.54) is 0 Å². The van der Waals surface area contributed by atoms with E-state index in [4.69, 9.17) is 0 Å². The SMILES string of the molecule is OB(O)c1ccc(-c2ccccn2)c2ccccc12. The molecule has 1 heterocycles. The smallest absolute Gasteiger partial charge is 0.423 e. The van der Waals surface area contributed by atoms with Gasteiger partial charge in [0.05, 0.1) is 5.69 Å². The minimum absolute atomic E-state index is 0.510. The Kier molecular flexibility index (Phi) is 3.03. The van der Waals surface area contributed by atoms with Gasteiger partial charge in [-0.15, -0.1) is 0 Å². The van der Waals surface area contributed by atoms with Crippen LogP contribution in [0, 0.1) is 0 Å². The maximum Gasteiger partial charge on any atom is 0.489 e. The lowest BCUT2D eigenvalue weighted by Gasteiger charge is -2.10. The van der Waals surface area contributed by atoms with Crippen LogP contribution >= 0.6 is 0 Å². The molecule has 0 bridgehead atoms. The fourth-order valence-electron chi connectivity index (χ4n) is 2.29. The first-order valence-corrected chi connectivity index (χ1v) is 6.06. The molecule has 19 heavy (non-hydrogen) atoms. The summed E-state index contributed by atoms with van der Waals surface area (Å²) < 4.78 is 0. The lowest BCUT2D eigenvalue weighted by Crippen LogP contribution is -2.30. The maximum absolute atomic E-state index is 9.42. The molecule has 0 saturated heterocycles. The predicted octanol–water partition coefficient (Wildman–Crippen LogP) is 1.58. The first kappa shape index (κ1) is 11.9. The molecule has 0 saturated carbocycles. The molecule has 0 unspecified atom stereocenters. The van der Waals surface area contributed by atoms with E-state index in [-0.39, 0.29) is 0 Å². The minimum atomic E-state index is -1.47. The summed E-state index contributed by atoms with van der Waals surface area (Å²) >= 11 is 0. The molecule has 0 fully saturated rings. The lowest BCUT2D eigenvalue weighted by atomic mass is 9.76. The van der Waals surface area contributed by atoms with Crippen LogP contribution < -0.4 is 5.46 Å². The number of aromatic nitrogens is 1. The summed E-state index contributed by atoms with van der Waals surface area (Å²) in [6.45, 7) is 0. The predicted molar refractivity (Wildman–Crippen MR) is 77.0 cm³/mol. The van der Waals surface area contributed by atoms with E-state index in [0.29, 0.717) is 5.46 Å². The van der Waals surface area contributed by atoms with Crippen LogP contribution in [0.25, 0.3) is 22.0 Å². The molecule has 3 nitrogen and oxygen atoms in total. The van der Waals surface area contributed by atoms with Crippen LogP contribution in [0.15, 0.2) is 60.8 Å². The Morgan fingerprint density at radius 1 is 0.789 bits per heavy atom. The minimum Gasteiger partial charge on any atom is -0.423 e. The van der Waals surface area contributed by atoms with Crippen LogP contribution in [0.1, 0.15) is 0 Å². The normalized spacial score (nSPS) is 10.6.